The van der Waals surface area contributed by atoms with E-state index in [-0.39, 0.29) is 5.75 Å². The van der Waals surface area contributed by atoms with Gasteiger partial charge in [0.05, 0.1) is 5.75 Å². The van der Waals surface area contributed by atoms with E-state index in [1.165, 1.54) is 16.7 Å². The van der Waals surface area contributed by atoms with E-state index in [2.05, 4.69) is 43.4 Å². The Morgan fingerprint density at radius 3 is 2.45 bits per heavy atom. The molecule has 1 unspecified atom stereocenters. The Morgan fingerprint density at radius 1 is 1.25 bits per heavy atom. The van der Waals surface area contributed by atoms with Gasteiger partial charge in [0.1, 0.15) is 9.84 Å². The molecule has 0 amide bonds. The molecule has 20 heavy (non-hydrogen) atoms. The molecule has 0 spiro atoms. The molecule has 0 heterocycles. The fourth-order valence-corrected chi connectivity index (χ4v) is 3.55. The minimum atomic E-state index is -2.83. The highest BCUT2D eigenvalue weighted by molar-refractivity contribution is 7.99. The fraction of sp³-hybridized carbons (Fsp3) is 0.600. The Balaban J connectivity index is 2.38. The summed E-state index contributed by atoms with van der Waals surface area (Å²) in [5.74, 6) is 1.12. The maximum Gasteiger partial charge on any atom is 0.147 e. The highest BCUT2D eigenvalue weighted by atomic mass is 32.2. The number of hydrogen-bond acceptors (Lipinski definition) is 4. The second-order valence-corrected chi connectivity index (χ2v) is 8.50. The van der Waals surface area contributed by atoms with Gasteiger partial charge in [-0.2, -0.15) is 0 Å². The molecular weight excluding hydrogens is 290 g/mol. The van der Waals surface area contributed by atoms with Crippen molar-refractivity contribution in [1.29, 1.82) is 0 Å². The van der Waals surface area contributed by atoms with Crippen LogP contribution >= 0.6 is 11.8 Å². The number of thioether (sulfide) groups is 1. The highest BCUT2D eigenvalue weighted by Crippen LogP contribution is 2.21. The molecule has 0 fully saturated rings. The number of hydrogen-bond donors (Lipinski definition) is 1. The van der Waals surface area contributed by atoms with Crippen molar-refractivity contribution in [3.05, 3.63) is 29.8 Å². The van der Waals surface area contributed by atoms with E-state index < -0.39 is 9.84 Å². The van der Waals surface area contributed by atoms with Crippen molar-refractivity contribution in [1.82, 2.24) is 5.32 Å². The second kappa shape index (κ2) is 8.70. The van der Waals surface area contributed by atoms with Crippen molar-refractivity contribution >= 4 is 21.6 Å². The first-order valence-electron chi connectivity index (χ1n) is 7.06. The molecular formula is C15H25NO2S2. The van der Waals surface area contributed by atoms with Crippen LogP contribution in [0.1, 0.15) is 38.3 Å². The average molecular weight is 316 g/mol. The van der Waals surface area contributed by atoms with Crippen LogP contribution in [0.4, 0.5) is 0 Å². The number of sulfone groups is 1. The van der Waals surface area contributed by atoms with Gasteiger partial charge in [0.25, 0.3) is 0 Å². The lowest BCUT2D eigenvalue weighted by molar-refractivity contribution is 0.570. The molecule has 1 aromatic carbocycles. The molecule has 0 aromatic heterocycles. The van der Waals surface area contributed by atoms with Gasteiger partial charge in [0.2, 0.25) is 0 Å². The first-order chi connectivity index (χ1) is 9.42. The third-order valence-corrected chi connectivity index (χ3v) is 5.14. The van der Waals surface area contributed by atoms with Crippen molar-refractivity contribution in [3.8, 4) is 0 Å². The number of nitrogens with one attached hydrogen (secondary N) is 1. The average Bonchev–Trinajstić information content (AvgIpc) is 2.40. The number of benzene rings is 1. The van der Waals surface area contributed by atoms with Gasteiger partial charge >= 0.3 is 0 Å². The molecule has 0 aliphatic rings. The van der Waals surface area contributed by atoms with Gasteiger partial charge in [-0.3, -0.25) is 0 Å². The molecule has 0 aliphatic carbocycles. The molecule has 114 valence electrons. The quantitative estimate of drug-likeness (QED) is 0.561. The summed E-state index contributed by atoms with van der Waals surface area (Å²) in [6.45, 7) is 5.36. The molecule has 0 aliphatic heterocycles. The van der Waals surface area contributed by atoms with Gasteiger partial charge in [-0.15, -0.1) is 11.8 Å². The summed E-state index contributed by atoms with van der Waals surface area (Å²) in [5, 5.41) is 3.46. The van der Waals surface area contributed by atoms with Crippen molar-refractivity contribution < 1.29 is 8.42 Å². The molecule has 0 saturated heterocycles. The maximum atomic E-state index is 11.0. The molecule has 1 aromatic rings. The van der Waals surface area contributed by atoms with Crippen LogP contribution < -0.4 is 5.32 Å². The van der Waals surface area contributed by atoms with Crippen LogP contribution in [0.5, 0.6) is 0 Å². The van der Waals surface area contributed by atoms with E-state index in [0.29, 0.717) is 12.5 Å². The van der Waals surface area contributed by atoms with Crippen molar-refractivity contribution in [3.63, 3.8) is 0 Å². The first-order valence-corrected chi connectivity index (χ1v) is 10.1. The van der Waals surface area contributed by atoms with E-state index in [1.807, 2.05) is 0 Å². The summed E-state index contributed by atoms with van der Waals surface area (Å²) in [6.07, 6.45) is 3.13. The van der Waals surface area contributed by atoms with Crippen LogP contribution in [-0.2, 0) is 9.84 Å². The maximum absolute atomic E-state index is 11.0. The monoisotopic (exact) mass is 315 g/mol. The van der Waals surface area contributed by atoms with E-state index in [4.69, 9.17) is 0 Å². The molecule has 0 saturated carbocycles. The third-order valence-electron chi connectivity index (χ3n) is 3.01. The van der Waals surface area contributed by atoms with Gasteiger partial charge in [-0.1, -0.05) is 19.1 Å². The lowest BCUT2D eigenvalue weighted by atomic mass is 10.1. The van der Waals surface area contributed by atoms with E-state index in [9.17, 15) is 8.42 Å². The van der Waals surface area contributed by atoms with Gasteiger partial charge in [-0.25, -0.2) is 8.42 Å². The molecule has 1 N–H and O–H groups in total. The standard InChI is InChI=1S/C15H25NO2S2/c1-4-10-16-13(2)14-6-8-15(9-7-14)19-11-5-12-20(3,17)18/h6-9,13,16H,4-5,10-12H2,1-3H3. The van der Waals surface area contributed by atoms with Gasteiger partial charge in [0, 0.05) is 17.2 Å². The van der Waals surface area contributed by atoms with Crippen molar-refractivity contribution in [2.75, 3.05) is 24.3 Å². The predicted molar refractivity (Wildman–Crippen MR) is 88.2 cm³/mol. The molecule has 0 radical (unpaired) electrons. The third kappa shape index (κ3) is 7.31. The zero-order valence-corrected chi connectivity index (χ0v) is 14.2. The number of rotatable bonds is 9. The highest BCUT2D eigenvalue weighted by Gasteiger charge is 2.05. The second-order valence-electron chi connectivity index (χ2n) is 5.08. The van der Waals surface area contributed by atoms with E-state index in [0.717, 1.165) is 18.7 Å². The van der Waals surface area contributed by atoms with Crippen LogP contribution in [0.25, 0.3) is 0 Å². The summed E-state index contributed by atoms with van der Waals surface area (Å²) in [4.78, 5) is 1.20. The minimum absolute atomic E-state index is 0.274. The Hall–Kier alpha value is -0.520. The van der Waals surface area contributed by atoms with Crippen molar-refractivity contribution in [2.45, 2.75) is 37.6 Å². The summed E-state index contributed by atoms with van der Waals surface area (Å²) in [6, 6.07) is 8.90. The molecule has 3 nitrogen and oxygen atoms in total. The normalized spacial score (nSPS) is 13.3. The van der Waals surface area contributed by atoms with Crippen molar-refractivity contribution in [2.24, 2.45) is 0 Å². The lowest BCUT2D eigenvalue weighted by Crippen LogP contribution is -2.19. The zero-order chi connectivity index (χ0) is 15.0. The Labute approximate surface area is 127 Å². The van der Waals surface area contributed by atoms with Crippen LogP contribution in [0.15, 0.2) is 29.2 Å². The van der Waals surface area contributed by atoms with Gasteiger partial charge < -0.3 is 5.32 Å². The minimum Gasteiger partial charge on any atom is -0.310 e. The molecule has 0 bridgehead atoms. The Kier molecular flexibility index (Phi) is 7.62. The smallest absolute Gasteiger partial charge is 0.147 e. The van der Waals surface area contributed by atoms with Gasteiger partial charge in [0.15, 0.2) is 0 Å². The predicted octanol–water partition coefficient (Wildman–Crippen LogP) is 3.27. The van der Waals surface area contributed by atoms with Gasteiger partial charge in [-0.05, 0) is 49.8 Å². The summed E-state index contributed by atoms with van der Waals surface area (Å²) in [5.41, 5.74) is 1.29. The SMILES string of the molecule is CCCNC(C)c1ccc(SCCCS(C)(=O)=O)cc1. The molecule has 1 rings (SSSR count). The largest absolute Gasteiger partial charge is 0.310 e. The summed E-state index contributed by atoms with van der Waals surface area (Å²) in [7, 11) is -2.83. The molecule has 5 heteroatoms. The van der Waals surface area contributed by atoms with Crippen LogP contribution in [0, 0.1) is 0 Å². The lowest BCUT2D eigenvalue weighted by Gasteiger charge is -2.14. The fourth-order valence-electron chi connectivity index (χ4n) is 1.84. The van der Waals surface area contributed by atoms with Crippen LogP contribution in [0.2, 0.25) is 0 Å². The van der Waals surface area contributed by atoms with Crippen LogP contribution in [0.3, 0.4) is 0 Å². The topological polar surface area (TPSA) is 46.2 Å². The zero-order valence-electron chi connectivity index (χ0n) is 12.6. The summed E-state index contributed by atoms with van der Waals surface area (Å²) < 4.78 is 22.1. The van der Waals surface area contributed by atoms with E-state index >= 15 is 0 Å². The summed E-state index contributed by atoms with van der Waals surface area (Å²) >= 11 is 1.71. The Morgan fingerprint density at radius 2 is 1.90 bits per heavy atom. The van der Waals surface area contributed by atoms with Crippen LogP contribution in [-0.4, -0.2) is 32.7 Å². The Bertz CT molecular complexity index is 483. The first kappa shape index (κ1) is 17.5. The van der Waals surface area contributed by atoms with E-state index in [1.54, 1.807) is 11.8 Å². The molecule has 1 atom stereocenters.